The topological polar surface area (TPSA) is 38.5 Å². The van der Waals surface area contributed by atoms with Gasteiger partial charge in [-0.15, -0.1) is 0 Å². The minimum atomic E-state index is -0.199. The Morgan fingerprint density at radius 3 is 2.47 bits per heavy atom. The Bertz CT molecular complexity index is 405. The van der Waals surface area contributed by atoms with E-state index in [0.717, 1.165) is 12.1 Å². The first-order chi connectivity index (χ1) is 9.12. The Hall–Kier alpha value is -0.970. The number of nitrogens with two attached hydrogens (primary N) is 1. The fraction of sp³-hybridized carbons (Fsp3) is 0.600. The monoisotopic (exact) mass is 266 g/mol. The van der Waals surface area contributed by atoms with Crippen molar-refractivity contribution in [2.75, 3.05) is 27.3 Å². The number of nitrogens with zero attached hydrogens (tertiary/aromatic N) is 1. The van der Waals surface area contributed by atoms with Gasteiger partial charge in [-0.1, -0.05) is 12.1 Å². The van der Waals surface area contributed by atoms with Crippen LogP contribution in [0, 0.1) is 11.7 Å². The minimum absolute atomic E-state index is 0.0941. The standard InChI is InChI=1S/C15H23FN2O/c1-18(9-12-3-7-14(16)8-4-12)15(10-17,11-19-2)13-5-6-13/h3-4,7-8,13H,5-6,9-11,17H2,1-2H3. The van der Waals surface area contributed by atoms with Crippen LogP contribution >= 0.6 is 0 Å². The first-order valence-corrected chi connectivity index (χ1v) is 6.77. The van der Waals surface area contributed by atoms with Gasteiger partial charge in [-0.2, -0.15) is 0 Å². The van der Waals surface area contributed by atoms with Gasteiger partial charge in [0.2, 0.25) is 0 Å². The molecule has 2 rings (SSSR count). The molecule has 0 amide bonds. The van der Waals surface area contributed by atoms with Crippen molar-refractivity contribution < 1.29 is 9.13 Å². The maximum Gasteiger partial charge on any atom is 0.123 e. The number of methoxy groups -OCH3 is 1. The summed E-state index contributed by atoms with van der Waals surface area (Å²) in [5.41, 5.74) is 7.03. The van der Waals surface area contributed by atoms with Crippen molar-refractivity contribution in [1.82, 2.24) is 4.90 Å². The molecule has 0 saturated heterocycles. The SMILES string of the molecule is COCC(CN)(C1CC1)N(C)Cc1ccc(F)cc1. The molecule has 1 atom stereocenters. The highest BCUT2D eigenvalue weighted by Gasteiger charge is 2.47. The normalized spacial score (nSPS) is 18.6. The lowest BCUT2D eigenvalue weighted by Crippen LogP contribution is -2.56. The number of benzene rings is 1. The highest BCUT2D eigenvalue weighted by Crippen LogP contribution is 2.43. The van der Waals surface area contributed by atoms with Crippen LogP contribution in [-0.2, 0) is 11.3 Å². The van der Waals surface area contributed by atoms with Crippen molar-refractivity contribution in [1.29, 1.82) is 0 Å². The lowest BCUT2D eigenvalue weighted by atomic mass is 9.91. The van der Waals surface area contributed by atoms with E-state index in [1.807, 2.05) is 12.1 Å². The van der Waals surface area contributed by atoms with Crippen molar-refractivity contribution in [2.45, 2.75) is 24.9 Å². The molecule has 1 saturated carbocycles. The molecule has 1 aromatic carbocycles. The first-order valence-electron chi connectivity index (χ1n) is 6.77. The average molecular weight is 266 g/mol. The molecule has 106 valence electrons. The van der Waals surface area contributed by atoms with Crippen molar-refractivity contribution in [3.8, 4) is 0 Å². The van der Waals surface area contributed by atoms with Gasteiger partial charge in [0.15, 0.2) is 0 Å². The van der Waals surface area contributed by atoms with Crippen LogP contribution < -0.4 is 5.73 Å². The van der Waals surface area contributed by atoms with E-state index in [2.05, 4.69) is 11.9 Å². The number of rotatable bonds is 7. The second-order valence-corrected chi connectivity index (χ2v) is 5.50. The summed E-state index contributed by atoms with van der Waals surface area (Å²) in [6.45, 7) is 1.99. The molecule has 19 heavy (non-hydrogen) atoms. The van der Waals surface area contributed by atoms with E-state index >= 15 is 0 Å². The molecule has 2 N–H and O–H groups in total. The molecule has 0 aromatic heterocycles. The van der Waals surface area contributed by atoms with E-state index in [4.69, 9.17) is 10.5 Å². The Morgan fingerprint density at radius 2 is 2.00 bits per heavy atom. The molecule has 0 spiro atoms. The van der Waals surface area contributed by atoms with Gasteiger partial charge >= 0.3 is 0 Å². The molecule has 4 heteroatoms. The molecule has 0 aliphatic heterocycles. The van der Waals surface area contributed by atoms with Gasteiger partial charge in [0.05, 0.1) is 12.1 Å². The number of halogens is 1. The molecule has 0 heterocycles. The van der Waals surface area contributed by atoms with Crippen molar-refractivity contribution in [2.24, 2.45) is 11.7 Å². The summed E-state index contributed by atoms with van der Waals surface area (Å²) in [5, 5.41) is 0. The Labute approximate surface area is 114 Å². The first kappa shape index (κ1) is 14.4. The molecule has 1 aromatic rings. The van der Waals surface area contributed by atoms with E-state index in [0.29, 0.717) is 19.1 Å². The highest BCUT2D eigenvalue weighted by molar-refractivity contribution is 5.17. The summed E-state index contributed by atoms with van der Waals surface area (Å²) in [7, 11) is 3.80. The summed E-state index contributed by atoms with van der Waals surface area (Å²) in [6.07, 6.45) is 2.43. The number of hydrogen-bond acceptors (Lipinski definition) is 3. The summed E-state index contributed by atoms with van der Waals surface area (Å²) in [5.74, 6) is 0.415. The molecule has 1 aliphatic rings. The van der Waals surface area contributed by atoms with Gasteiger partial charge in [-0.25, -0.2) is 4.39 Å². The quantitative estimate of drug-likeness (QED) is 0.820. The number of hydrogen-bond donors (Lipinski definition) is 1. The minimum Gasteiger partial charge on any atom is -0.383 e. The fourth-order valence-electron chi connectivity index (χ4n) is 2.81. The van der Waals surface area contributed by atoms with Crippen molar-refractivity contribution >= 4 is 0 Å². The Morgan fingerprint density at radius 1 is 1.37 bits per heavy atom. The van der Waals surface area contributed by atoms with Gasteiger partial charge in [-0.3, -0.25) is 4.90 Å². The summed E-state index contributed by atoms with van der Waals surface area (Å²) in [4.78, 5) is 2.27. The zero-order chi connectivity index (χ0) is 13.9. The van der Waals surface area contributed by atoms with Gasteiger partial charge in [0.25, 0.3) is 0 Å². The highest BCUT2D eigenvalue weighted by atomic mass is 19.1. The third kappa shape index (κ3) is 3.14. The predicted molar refractivity (Wildman–Crippen MR) is 74.3 cm³/mol. The Kier molecular flexibility index (Phi) is 4.55. The molecule has 0 bridgehead atoms. The largest absolute Gasteiger partial charge is 0.383 e. The van der Waals surface area contributed by atoms with Gasteiger partial charge in [-0.05, 0) is 43.5 Å². The molecule has 1 fully saturated rings. The molecule has 3 nitrogen and oxygen atoms in total. The van der Waals surface area contributed by atoms with Crippen LogP contribution in [0.25, 0.3) is 0 Å². The van der Waals surface area contributed by atoms with E-state index in [1.54, 1.807) is 7.11 Å². The maximum atomic E-state index is 12.9. The molecule has 1 unspecified atom stereocenters. The van der Waals surface area contributed by atoms with Crippen LogP contribution in [0.5, 0.6) is 0 Å². The van der Waals surface area contributed by atoms with E-state index < -0.39 is 0 Å². The number of ether oxygens (including phenoxy) is 1. The third-order valence-electron chi connectivity index (χ3n) is 4.18. The average Bonchev–Trinajstić information content (AvgIpc) is 3.23. The molecule has 0 radical (unpaired) electrons. The lowest BCUT2D eigenvalue weighted by molar-refractivity contribution is 0.0104. The predicted octanol–water partition coefficient (Wildman–Crippen LogP) is 2.01. The lowest BCUT2D eigenvalue weighted by Gasteiger charge is -2.41. The zero-order valence-corrected chi connectivity index (χ0v) is 11.7. The van der Waals surface area contributed by atoms with E-state index in [9.17, 15) is 4.39 Å². The van der Waals surface area contributed by atoms with Crippen LogP contribution in [0.2, 0.25) is 0 Å². The summed E-state index contributed by atoms with van der Waals surface area (Å²) >= 11 is 0. The molecular weight excluding hydrogens is 243 g/mol. The van der Waals surface area contributed by atoms with Crippen LogP contribution in [0.4, 0.5) is 4.39 Å². The van der Waals surface area contributed by atoms with Crippen molar-refractivity contribution in [3.63, 3.8) is 0 Å². The smallest absolute Gasteiger partial charge is 0.123 e. The van der Waals surface area contributed by atoms with Crippen molar-refractivity contribution in [3.05, 3.63) is 35.6 Å². The van der Waals surface area contributed by atoms with Crippen LogP contribution in [0.3, 0.4) is 0 Å². The van der Waals surface area contributed by atoms with E-state index in [-0.39, 0.29) is 11.4 Å². The zero-order valence-electron chi connectivity index (χ0n) is 11.7. The van der Waals surface area contributed by atoms with Gasteiger partial charge in [0.1, 0.15) is 5.82 Å². The second kappa shape index (κ2) is 5.99. The summed E-state index contributed by atoms with van der Waals surface area (Å²) < 4.78 is 18.3. The van der Waals surface area contributed by atoms with Gasteiger partial charge < -0.3 is 10.5 Å². The second-order valence-electron chi connectivity index (χ2n) is 5.50. The molecular formula is C15H23FN2O. The van der Waals surface area contributed by atoms with Crippen LogP contribution in [-0.4, -0.2) is 37.7 Å². The van der Waals surface area contributed by atoms with Crippen LogP contribution in [0.1, 0.15) is 18.4 Å². The summed E-state index contributed by atoms with van der Waals surface area (Å²) in [6, 6.07) is 6.65. The third-order valence-corrected chi connectivity index (χ3v) is 4.18. The maximum absolute atomic E-state index is 12.9. The van der Waals surface area contributed by atoms with Crippen LogP contribution in [0.15, 0.2) is 24.3 Å². The van der Waals surface area contributed by atoms with E-state index in [1.165, 1.54) is 25.0 Å². The van der Waals surface area contributed by atoms with Gasteiger partial charge in [0, 0.05) is 20.2 Å². The fourth-order valence-corrected chi connectivity index (χ4v) is 2.81. The molecule has 1 aliphatic carbocycles. The number of likely N-dealkylation sites (N-methyl/N-ethyl adjacent to an activating group) is 1. The Balaban J connectivity index is 2.10.